The first-order valence-electron chi connectivity index (χ1n) is 16.6. The van der Waals surface area contributed by atoms with Crippen molar-refractivity contribution in [1.29, 1.82) is 0 Å². The molecule has 0 spiro atoms. The number of halogens is 4. The minimum Gasteiger partial charge on any atom is -0.496 e. The Kier molecular flexibility index (Phi) is 11.4. The number of carbonyl (C=O) groups is 2. The number of rotatable bonds is 10. The lowest BCUT2D eigenvalue weighted by Gasteiger charge is -2.35. The SMILES string of the molecule is COc1ccc(CN2CCCC(F)C2)c(OC)c1-c1cccc2c(CCC(=O)O)cccc12.Cc1cc(C2CC(F)(F)C2)cc(F)c1C(N)=O. The highest BCUT2D eigenvalue weighted by atomic mass is 19.3. The van der Waals surface area contributed by atoms with Gasteiger partial charge >= 0.3 is 5.97 Å². The Morgan fingerprint density at radius 2 is 1.72 bits per heavy atom. The summed E-state index contributed by atoms with van der Waals surface area (Å²) in [6.07, 6.45) is 0.714. The zero-order valence-corrected chi connectivity index (χ0v) is 28.4. The molecule has 11 heteroatoms. The molecule has 6 rings (SSSR count). The summed E-state index contributed by atoms with van der Waals surface area (Å²) < 4.78 is 64.6. The lowest BCUT2D eigenvalue weighted by Crippen LogP contribution is -2.35. The minimum atomic E-state index is -2.64. The summed E-state index contributed by atoms with van der Waals surface area (Å²) in [5.74, 6) is -3.95. The molecule has 1 aliphatic heterocycles. The molecule has 0 aromatic heterocycles. The van der Waals surface area contributed by atoms with Crippen molar-refractivity contribution in [2.75, 3.05) is 27.3 Å². The van der Waals surface area contributed by atoms with Crippen molar-refractivity contribution in [3.05, 3.63) is 94.3 Å². The second kappa shape index (κ2) is 15.5. The number of primary amides is 1. The van der Waals surface area contributed by atoms with Crippen LogP contribution >= 0.6 is 0 Å². The largest absolute Gasteiger partial charge is 0.496 e. The Morgan fingerprint density at radius 3 is 2.34 bits per heavy atom. The maximum atomic E-state index is 14.0. The van der Waals surface area contributed by atoms with Crippen LogP contribution in [-0.2, 0) is 17.8 Å². The number of benzene rings is 4. The molecule has 2 fully saturated rings. The standard InChI is InChI=1S/C27H30FNO4.C12H12F3NO/c1-32-24-13-11-19(16-29-15-5-7-20(28)17-29)27(33-2)26(24)23-10-4-8-21-18(12-14-25(30)31)6-3-9-22(21)23;1-6-2-7(8-4-12(14,15)5-8)3-9(13)10(6)11(16)17/h3-4,6,8-11,13,20H,5,7,12,14-17H2,1-2H3,(H,30,31);2-3,8H,4-5H2,1H3,(H2,16,17). The number of amides is 1. The molecule has 0 bridgehead atoms. The van der Waals surface area contributed by atoms with E-state index in [0.29, 0.717) is 42.8 Å². The molecule has 1 unspecified atom stereocenters. The van der Waals surface area contributed by atoms with Gasteiger partial charge in [-0.25, -0.2) is 17.6 Å². The molecule has 1 amide bonds. The second-order valence-corrected chi connectivity index (χ2v) is 13.0. The van der Waals surface area contributed by atoms with E-state index < -0.39 is 29.8 Å². The number of likely N-dealkylation sites (tertiary alicyclic amines) is 1. The van der Waals surface area contributed by atoms with Crippen molar-refractivity contribution in [3.63, 3.8) is 0 Å². The summed E-state index contributed by atoms with van der Waals surface area (Å²) >= 11 is 0. The first-order chi connectivity index (χ1) is 23.8. The fourth-order valence-corrected chi connectivity index (χ4v) is 7.04. The van der Waals surface area contributed by atoms with Crippen LogP contribution in [0.1, 0.15) is 70.6 Å². The molecule has 7 nitrogen and oxygen atoms in total. The third kappa shape index (κ3) is 8.21. The number of carboxylic acids is 1. The second-order valence-electron chi connectivity index (χ2n) is 13.0. The number of carboxylic acid groups (broad SMARTS) is 1. The van der Waals surface area contributed by atoms with E-state index in [1.54, 1.807) is 27.2 Å². The predicted molar refractivity (Wildman–Crippen MR) is 184 cm³/mol. The normalized spacial score (nSPS) is 17.4. The smallest absolute Gasteiger partial charge is 0.303 e. The van der Waals surface area contributed by atoms with Gasteiger partial charge in [-0.2, -0.15) is 0 Å². The van der Waals surface area contributed by atoms with Gasteiger partial charge in [0.25, 0.3) is 5.91 Å². The third-order valence-electron chi connectivity index (χ3n) is 9.47. The van der Waals surface area contributed by atoms with Crippen LogP contribution in [0.5, 0.6) is 11.5 Å². The zero-order chi connectivity index (χ0) is 36.2. The van der Waals surface area contributed by atoms with Crippen LogP contribution in [0, 0.1) is 12.7 Å². The van der Waals surface area contributed by atoms with E-state index in [1.807, 2.05) is 48.5 Å². The Morgan fingerprint density at radius 1 is 1.00 bits per heavy atom. The van der Waals surface area contributed by atoms with Gasteiger partial charge in [-0.3, -0.25) is 14.5 Å². The van der Waals surface area contributed by atoms with Gasteiger partial charge in [-0.1, -0.05) is 48.5 Å². The Bertz CT molecular complexity index is 1850. The third-order valence-corrected chi connectivity index (χ3v) is 9.47. The van der Waals surface area contributed by atoms with Crippen LogP contribution in [0.3, 0.4) is 0 Å². The number of aliphatic carboxylic acids is 1. The van der Waals surface area contributed by atoms with Crippen LogP contribution in [-0.4, -0.2) is 61.3 Å². The van der Waals surface area contributed by atoms with Gasteiger partial charge in [0, 0.05) is 37.9 Å². The van der Waals surface area contributed by atoms with Gasteiger partial charge in [0.1, 0.15) is 23.5 Å². The first kappa shape index (κ1) is 36.6. The van der Waals surface area contributed by atoms with Gasteiger partial charge in [0.2, 0.25) is 5.92 Å². The number of alkyl halides is 3. The molecule has 0 radical (unpaired) electrons. The average Bonchev–Trinajstić information content (AvgIpc) is 3.05. The molecule has 4 aromatic carbocycles. The molecular weight excluding hydrogens is 652 g/mol. The number of fused-ring (bicyclic) bond motifs is 1. The molecule has 266 valence electrons. The minimum absolute atomic E-state index is 0.0802. The summed E-state index contributed by atoms with van der Waals surface area (Å²) in [5.41, 5.74) is 9.56. The van der Waals surface area contributed by atoms with E-state index in [-0.39, 0.29) is 30.7 Å². The Labute approximate surface area is 289 Å². The summed E-state index contributed by atoms with van der Waals surface area (Å²) in [5, 5.41) is 11.2. The molecule has 4 aromatic rings. The van der Waals surface area contributed by atoms with Gasteiger partial charge < -0.3 is 20.3 Å². The van der Waals surface area contributed by atoms with Crippen molar-refractivity contribution in [2.24, 2.45) is 5.73 Å². The molecule has 1 heterocycles. The number of carbonyl (C=O) groups excluding carboxylic acids is 1. The van der Waals surface area contributed by atoms with Gasteiger partial charge in [0.15, 0.2) is 0 Å². The highest BCUT2D eigenvalue weighted by molar-refractivity contribution is 6.01. The molecule has 3 N–H and O–H groups in total. The summed E-state index contributed by atoms with van der Waals surface area (Å²) in [7, 11) is 3.29. The van der Waals surface area contributed by atoms with Crippen LogP contribution < -0.4 is 15.2 Å². The molecule has 1 aliphatic carbocycles. The quantitative estimate of drug-likeness (QED) is 0.162. The Balaban J connectivity index is 0.000000240. The lowest BCUT2D eigenvalue weighted by molar-refractivity contribution is -0.136. The number of nitrogens with zero attached hydrogens (tertiary/aromatic N) is 1. The maximum absolute atomic E-state index is 14.0. The number of hydrogen-bond donors (Lipinski definition) is 2. The fraction of sp³-hybridized carbons (Fsp3) is 0.385. The molecule has 50 heavy (non-hydrogen) atoms. The number of nitrogens with two attached hydrogens (primary N) is 1. The van der Waals surface area contributed by atoms with Crippen LogP contribution in [0.15, 0.2) is 60.7 Å². The molecular formula is C39H42F4N2O5. The molecule has 1 saturated carbocycles. The van der Waals surface area contributed by atoms with Crippen molar-refractivity contribution in [3.8, 4) is 22.6 Å². The van der Waals surface area contributed by atoms with E-state index in [1.165, 1.54) is 0 Å². The van der Waals surface area contributed by atoms with Crippen LogP contribution in [0.2, 0.25) is 0 Å². The van der Waals surface area contributed by atoms with Crippen molar-refractivity contribution in [2.45, 2.75) is 70.0 Å². The molecule has 1 atom stereocenters. The van der Waals surface area contributed by atoms with Crippen molar-refractivity contribution < 1.29 is 41.7 Å². The number of methoxy groups -OCH3 is 2. The zero-order valence-electron chi connectivity index (χ0n) is 28.4. The van der Waals surface area contributed by atoms with E-state index in [0.717, 1.165) is 57.8 Å². The van der Waals surface area contributed by atoms with Crippen LogP contribution in [0.4, 0.5) is 17.6 Å². The monoisotopic (exact) mass is 694 g/mol. The predicted octanol–water partition coefficient (Wildman–Crippen LogP) is 8.22. The highest BCUT2D eigenvalue weighted by Gasteiger charge is 2.46. The van der Waals surface area contributed by atoms with Gasteiger partial charge in [0.05, 0.1) is 25.3 Å². The maximum Gasteiger partial charge on any atom is 0.303 e. The molecule has 2 aliphatic rings. The van der Waals surface area contributed by atoms with Crippen LogP contribution in [0.25, 0.3) is 21.9 Å². The van der Waals surface area contributed by atoms with E-state index in [9.17, 15) is 27.2 Å². The van der Waals surface area contributed by atoms with E-state index in [2.05, 4.69) is 4.90 Å². The summed E-state index contributed by atoms with van der Waals surface area (Å²) in [6.45, 7) is 3.45. The summed E-state index contributed by atoms with van der Waals surface area (Å²) in [4.78, 5) is 24.2. The van der Waals surface area contributed by atoms with E-state index >= 15 is 0 Å². The number of ether oxygens (including phenoxy) is 2. The fourth-order valence-electron chi connectivity index (χ4n) is 7.04. The number of aryl methyl sites for hydroxylation is 2. The topological polar surface area (TPSA) is 102 Å². The van der Waals surface area contributed by atoms with Crippen molar-refractivity contribution >= 4 is 22.6 Å². The number of hydrogen-bond acceptors (Lipinski definition) is 5. The van der Waals surface area contributed by atoms with E-state index in [4.69, 9.17) is 20.3 Å². The lowest BCUT2D eigenvalue weighted by atomic mass is 9.76. The van der Waals surface area contributed by atoms with Gasteiger partial charge in [-0.05, 0) is 83.8 Å². The van der Waals surface area contributed by atoms with Crippen molar-refractivity contribution in [1.82, 2.24) is 4.90 Å². The highest BCUT2D eigenvalue weighted by Crippen LogP contribution is 2.49. The molecule has 1 saturated heterocycles. The summed E-state index contributed by atoms with van der Waals surface area (Å²) in [6, 6.07) is 18.6. The number of piperidine rings is 1. The van der Waals surface area contributed by atoms with Gasteiger partial charge in [-0.15, -0.1) is 0 Å². The average molecular weight is 695 g/mol. The Hall–Kier alpha value is -4.64. The first-order valence-corrected chi connectivity index (χ1v) is 16.6.